The minimum absolute atomic E-state index is 0.372. The topological polar surface area (TPSA) is 43.4 Å². The molecule has 0 amide bonds. The molecule has 0 bridgehead atoms. The van der Waals surface area contributed by atoms with Gasteiger partial charge in [0.2, 0.25) is 5.88 Å². The number of aromatic nitrogens is 1. The lowest BCUT2D eigenvalue weighted by molar-refractivity contribution is 0.0991. The van der Waals surface area contributed by atoms with Gasteiger partial charge in [0.25, 0.3) is 0 Å². The lowest BCUT2D eigenvalue weighted by Crippen LogP contribution is -2.09. The third kappa shape index (κ3) is 4.88. The molecule has 0 fully saturated rings. The second kappa shape index (κ2) is 8.40. The SMILES string of the molecule is CCCOCCOc1nc(NCC)c(Cl)cc1Cl. The van der Waals surface area contributed by atoms with Gasteiger partial charge in [-0.2, -0.15) is 4.98 Å². The number of nitrogens with one attached hydrogen (secondary N) is 1. The molecule has 1 N–H and O–H groups in total. The first kappa shape index (κ1) is 15.3. The Balaban J connectivity index is 2.56. The summed E-state index contributed by atoms with van der Waals surface area (Å²) in [6.07, 6.45) is 0.991. The summed E-state index contributed by atoms with van der Waals surface area (Å²) in [6, 6.07) is 1.62. The molecule has 0 atom stereocenters. The van der Waals surface area contributed by atoms with Gasteiger partial charge in [-0.15, -0.1) is 0 Å². The molecule has 0 saturated carbocycles. The quantitative estimate of drug-likeness (QED) is 0.743. The Labute approximate surface area is 118 Å². The molecule has 6 heteroatoms. The Morgan fingerprint density at radius 3 is 2.61 bits per heavy atom. The molecule has 1 aromatic heterocycles. The van der Waals surface area contributed by atoms with Gasteiger partial charge in [-0.25, -0.2) is 0 Å². The van der Waals surface area contributed by atoms with E-state index in [2.05, 4.69) is 17.2 Å². The largest absolute Gasteiger partial charge is 0.474 e. The van der Waals surface area contributed by atoms with Crippen LogP contribution in [-0.2, 0) is 4.74 Å². The zero-order valence-electron chi connectivity index (χ0n) is 10.6. The van der Waals surface area contributed by atoms with E-state index in [0.717, 1.165) is 19.6 Å². The molecule has 4 nitrogen and oxygen atoms in total. The number of rotatable bonds is 8. The molecule has 0 aliphatic rings. The van der Waals surface area contributed by atoms with Crippen LogP contribution in [0.3, 0.4) is 0 Å². The molecular formula is C12H18Cl2N2O2. The van der Waals surface area contributed by atoms with E-state index in [1.165, 1.54) is 0 Å². The summed E-state index contributed by atoms with van der Waals surface area (Å²) in [5, 5.41) is 3.92. The minimum Gasteiger partial charge on any atom is -0.474 e. The van der Waals surface area contributed by atoms with Crippen molar-refractivity contribution in [1.29, 1.82) is 0 Å². The summed E-state index contributed by atoms with van der Waals surface area (Å²) < 4.78 is 10.8. The molecule has 0 aromatic carbocycles. The van der Waals surface area contributed by atoms with Gasteiger partial charge in [0, 0.05) is 13.2 Å². The Morgan fingerprint density at radius 1 is 1.17 bits per heavy atom. The van der Waals surface area contributed by atoms with Gasteiger partial charge in [-0.3, -0.25) is 0 Å². The van der Waals surface area contributed by atoms with Crippen LogP contribution in [0, 0.1) is 0 Å². The smallest absolute Gasteiger partial charge is 0.234 e. The number of hydrogen-bond acceptors (Lipinski definition) is 4. The van der Waals surface area contributed by atoms with E-state index < -0.39 is 0 Å². The fraction of sp³-hybridized carbons (Fsp3) is 0.583. The highest BCUT2D eigenvalue weighted by molar-refractivity contribution is 6.36. The average molecular weight is 293 g/mol. The monoisotopic (exact) mass is 292 g/mol. The summed E-state index contributed by atoms with van der Waals surface area (Å²) in [5.41, 5.74) is 0. The van der Waals surface area contributed by atoms with Crippen molar-refractivity contribution in [2.24, 2.45) is 0 Å². The van der Waals surface area contributed by atoms with Crippen LogP contribution in [0.5, 0.6) is 5.88 Å². The summed E-state index contributed by atoms with van der Waals surface area (Å²) in [5.74, 6) is 0.949. The van der Waals surface area contributed by atoms with Gasteiger partial charge in [-0.05, 0) is 19.4 Å². The van der Waals surface area contributed by atoms with Crippen LogP contribution in [0.4, 0.5) is 5.82 Å². The lowest BCUT2D eigenvalue weighted by atomic mass is 10.4. The van der Waals surface area contributed by atoms with E-state index >= 15 is 0 Å². The van der Waals surface area contributed by atoms with Gasteiger partial charge >= 0.3 is 0 Å². The van der Waals surface area contributed by atoms with E-state index in [1.807, 2.05) is 6.92 Å². The van der Waals surface area contributed by atoms with Crippen LogP contribution in [0.25, 0.3) is 0 Å². The van der Waals surface area contributed by atoms with Crippen LogP contribution in [-0.4, -0.2) is 31.3 Å². The number of halogens is 2. The average Bonchev–Trinajstić information content (AvgIpc) is 2.34. The third-order valence-electron chi connectivity index (χ3n) is 2.06. The number of anilines is 1. The van der Waals surface area contributed by atoms with Crippen molar-refractivity contribution in [3.63, 3.8) is 0 Å². The molecule has 1 aromatic rings. The van der Waals surface area contributed by atoms with Crippen molar-refractivity contribution in [2.75, 3.05) is 31.7 Å². The molecule has 0 aliphatic carbocycles. The van der Waals surface area contributed by atoms with E-state index in [9.17, 15) is 0 Å². The van der Waals surface area contributed by atoms with Crippen molar-refractivity contribution < 1.29 is 9.47 Å². The van der Waals surface area contributed by atoms with Gasteiger partial charge in [-0.1, -0.05) is 30.1 Å². The minimum atomic E-state index is 0.372. The zero-order valence-corrected chi connectivity index (χ0v) is 12.1. The van der Waals surface area contributed by atoms with E-state index in [0.29, 0.717) is 35.0 Å². The number of hydrogen-bond donors (Lipinski definition) is 1. The van der Waals surface area contributed by atoms with Crippen LogP contribution in [0.1, 0.15) is 20.3 Å². The standard InChI is InChI=1S/C12H18Cl2N2O2/c1-3-5-17-6-7-18-12-10(14)8-9(13)11(16-12)15-4-2/h8H,3-7H2,1-2H3,(H,15,16). The summed E-state index contributed by atoms with van der Waals surface area (Å²) >= 11 is 12.0. The first-order valence-electron chi connectivity index (χ1n) is 5.99. The first-order chi connectivity index (χ1) is 8.69. The lowest BCUT2D eigenvalue weighted by Gasteiger charge is -2.11. The van der Waals surface area contributed by atoms with Crippen LogP contribution in [0.2, 0.25) is 10.0 Å². The molecule has 1 rings (SSSR count). The highest BCUT2D eigenvalue weighted by Crippen LogP contribution is 2.30. The van der Waals surface area contributed by atoms with E-state index in [1.54, 1.807) is 6.07 Å². The van der Waals surface area contributed by atoms with Gasteiger partial charge in [0.1, 0.15) is 17.4 Å². The van der Waals surface area contributed by atoms with Gasteiger partial charge < -0.3 is 14.8 Å². The maximum atomic E-state index is 6.00. The second-order valence-electron chi connectivity index (χ2n) is 3.60. The molecule has 0 unspecified atom stereocenters. The Hall–Kier alpha value is -0.710. The molecule has 18 heavy (non-hydrogen) atoms. The van der Waals surface area contributed by atoms with Crippen molar-refractivity contribution in [3.05, 3.63) is 16.1 Å². The first-order valence-corrected chi connectivity index (χ1v) is 6.75. The summed E-state index contributed by atoms with van der Waals surface area (Å²) in [6.45, 7) is 6.42. The van der Waals surface area contributed by atoms with Gasteiger partial charge in [0.05, 0.1) is 11.6 Å². The highest BCUT2D eigenvalue weighted by atomic mass is 35.5. The summed E-state index contributed by atoms with van der Waals surface area (Å²) in [4.78, 5) is 4.23. The fourth-order valence-electron chi connectivity index (χ4n) is 1.29. The second-order valence-corrected chi connectivity index (χ2v) is 4.41. The third-order valence-corrected chi connectivity index (χ3v) is 2.62. The zero-order chi connectivity index (χ0) is 13.4. The molecule has 0 radical (unpaired) electrons. The predicted octanol–water partition coefficient (Wildman–Crippen LogP) is 3.63. The molecule has 102 valence electrons. The van der Waals surface area contributed by atoms with Crippen LogP contribution < -0.4 is 10.1 Å². The maximum absolute atomic E-state index is 6.00. The molecule has 1 heterocycles. The molecular weight excluding hydrogens is 275 g/mol. The Bertz CT molecular complexity index is 375. The highest BCUT2D eigenvalue weighted by Gasteiger charge is 2.09. The van der Waals surface area contributed by atoms with Crippen molar-refractivity contribution in [1.82, 2.24) is 4.98 Å². The fourth-order valence-corrected chi connectivity index (χ4v) is 1.77. The Kier molecular flexibility index (Phi) is 7.16. The van der Waals surface area contributed by atoms with E-state index in [4.69, 9.17) is 32.7 Å². The number of ether oxygens (including phenoxy) is 2. The molecule has 0 aliphatic heterocycles. The Morgan fingerprint density at radius 2 is 1.94 bits per heavy atom. The molecule has 0 spiro atoms. The normalized spacial score (nSPS) is 10.4. The predicted molar refractivity (Wildman–Crippen MR) is 75.0 cm³/mol. The van der Waals surface area contributed by atoms with Gasteiger partial charge in [0.15, 0.2) is 0 Å². The van der Waals surface area contributed by atoms with E-state index in [-0.39, 0.29) is 0 Å². The van der Waals surface area contributed by atoms with Crippen LogP contribution >= 0.6 is 23.2 Å². The maximum Gasteiger partial charge on any atom is 0.234 e. The van der Waals surface area contributed by atoms with Crippen molar-refractivity contribution >= 4 is 29.0 Å². The number of nitrogens with zero attached hydrogens (tertiary/aromatic N) is 1. The van der Waals surface area contributed by atoms with Crippen molar-refractivity contribution in [3.8, 4) is 5.88 Å². The van der Waals surface area contributed by atoms with Crippen molar-refractivity contribution in [2.45, 2.75) is 20.3 Å². The molecule has 0 saturated heterocycles. The van der Waals surface area contributed by atoms with Crippen LogP contribution in [0.15, 0.2) is 6.07 Å². The summed E-state index contributed by atoms with van der Waals surface area (Å²) in [7, 11) is 0. The number of pyridine rings is 1.